The molecule has 1 rings (SSSR count). The van der Waals surface area contributed by atoms with Crippen LogP contribution in [0.4, 0.5) is 5.82 Å². The lowest BCUT2D eigenvalue weighted by atomic mass is 10.2. The highest BCUT2D eigenvalue weighted by atomic mass is 35.5. The number of anilines is 1. The van der Waals surface area contributed by atoms with Gasteiger partial charge in [-0.05, 0) is 12.0 Å². The third-order valence-corrected chi connectivity index (χ3v) is 2.65. The summed E-state index contributed by atoms with van der Waals surface area (Å²) in [4.78, 5) is 27.1. The summed E-state index contributed by atoms with van der Waals surface area (Å²) >= 11 is 5.86. The normalized spacial score (nSPS) is 10.2. The fourth-order valence-electron chi connectivity index (χ4n) is 1.31. The van der Waals surface area contributed by atoms with E-state index in [1.807, 2.05) is 13.8 Å². The molecule has 2 amide bonds. The summed E-state index contributed by atoms with van der Waals surface area (Å²) < 4.78 is 0. The summed E-state index contributed by atoms with van der Waals surface area (Å²) in [5.74, 6) is 5.14. The lowest BCUT2D eigenvalue weighted by Crippen LogP contribution is -2.38. The van der Waals surface area contributed by atoms with Crippen LogP contribution >= 0.6 is 11.6 Å². The topological polar surface area (TPSA) is 109 Å². The Balaban J connectivity index is 2.51. The average molecular weight is 300 g/mol. The van der Waals surface area contributed by atoms with Gasteiger partial charge in [0.25, 0.3) is 5.91 Å². The number of nitrogens with two attached hydrogens (primary N) is 1. The third-order valence-electron chi connectivity index (χ3n) is 2.36. The number of rotatable bonds is 6. The summed E-state index contributed by atoms with van der Waals surface area (Å²) in [6.07, 6.45) is 1.32. The molecule has 1 aromatic heterocycles. The molecule has 1 aromatic rings. The Morgan fingerprint density at radius 1 is 1.40 bits per heavy atom. The molecule has 0 unspecified atom stereocenters. The molecule has 0 saturated heterocycles. The van der Waals surface area contributed by atoms with E-state index in [9.17, 15) is 9.59 Å². The van der Waals surface area contributed by atoms with Crippen LogP contribution in [0.25, 0.3) is 0 Å². The lowest BCUT2D eigenvalue weighted by molar-refractivity contribution is -0.120. The van der Waals surface area contributed by atoms with E-state index in [1.165, 1.54) is 12.3 Å². The number of aromatic nitrogens is 1. The molecule has 0 aliphatic heterocycles. The Hall–Kier alpha value is -1.86. The number of nitrogens with zero attached hydrogens (tertiary/aromatic N) is 1. The van der Waals surface area contributed by atoms with Crippen LogP contribution in [0.15, 0.2) is 12.3 Å². The van der Waals surface area contributed by atoms with Crippen molar-refractivity contribution in [3.8, 4) is 0 Å². The van der Waals surface area contributed by atoms with E-state index in [-0.39, 0.29) is 28.9 Å². The van der Waals surface area contributed by atoms with Crippen molar-refractivity contribution in [2.75, 3.05) is 18.5 Å². The second kappa shape index (κ2) is 7.66. The molecule has 0 aliphatic rings. The molecule has 5 N–H and O–H groups in total. The van der Waals surface area contributed by atoms with E-state index in [4.69, 9.17) is 17.4 Å². The number of carbonyl (C=O) groups excluding carboxylic acids is 2. The second-order valence-electron chi connectivity index (χ2n) is 4.58. The van der Waals surface area contributed by atoms with Gasteiger partial charge in [0.1, 0.15) is 0 Å². The fourth-order valence-corrected chi connectivity index (χ4v) is 1.53. The summed E-state index contributed by atoms with van der Waals surface area (Å²) in [6.45, 7) is 4.44. The highest BCUT2D eigenvalue weighted by Gasteiger charge is 2.11. The van der Waals surface area contributed by atoms with Crippen molar-refractivity contribution in [1.29, 1.82) is 0 Å². The highest BCUT2D eigenvalue weighted by molar-refractivity contribution is 6.33. The Bertz CT molecular complexity index is 493. The van der Waals surface area contributed by atoms with E-state index < -0.39 is 5.91 Å². The van der Waals surface area contributed by atoms with Crippen LogP contribution in [-0.4, -0.2) is 29.9 Å². The smallest absolute Gasteiger partial charge is 0.253 e. The molecule has 0 saturated carbocycles. The zero-order valence-electron chi connectivity index (χ0n) is 11.4. The number of amides is 2. The predicted octanol–water partition coefficient (Wildman–Crippen LogP) is 0.523. The number of halogens is 1. The Kier molecular flexibility index (Phi) is 6.20. The van der Waals surface area contributed by atoms with Crippen molar-refractivity contribution in [3.05, 3.63) is 22.8 Å². The van der Waals surface area contributed by atoms with Gasteiger partial charge in [-0.15, -0.1) is 0 Å². The number of hydrazine groups is 1. The van der Waals surface area contributed by atoms with Crippen molar-refractivity contribution >= 4 is 29.2 Å². The first-order chi connectivity index (χ1) is 9.43. The van der Waals surface area contributed by atoms with E-state index in [2.05, 4.69) is 21.0 Å². The number of pyridine rings is 1. The highest BCUT2D eigenvalue weighted by Crippen LogP contribution is 2.18. The molecule has 0 bridgehead atoms. The molecule has 0 aromatic carbocycles. The van der Waals surface area contributed by atoms with Gasteiger partial charge in [0, 0.05) is 12.7 Å². The summed E-state index contributed by atoms with van der Waals surface area (Å²) in [5, 5.41) is 5.41. The van der Waals surface area contributed by atoms with Crippen molar-refractivity contribution in [1.82, 2.24) is 15.6 Å². The molecule has 8 heteroatoms. The van der Waals surface area contributed by atoms with Gasteiger partial charge < -0.3 is 16.1 Å². The quantitative estimate of drug-likeness (QED) is 0.452. The standard InChI is InChI=1S/C12H18ClN5O2/c1-7(2)4-15-10(19)6-17-12(20)8-3-9(13)11(18-14)16-5-8/h3,5,7H,4,6,14H2,1-2H3,(H,15,19)(H,16,18)(H,17,20). The van der Waals surface area contributed by atoms with Gasteiger partial charge in [-0.2, -0.15) is 0 Å². The Morgan fingerprint density at radius 2 is 2.10 bits per heavy atom. The van der Waals surface area contributed by atoms with Crippen LogP contribution in [0.5, 0.6) is 0 Å². The van der Waals surface area contributed by atoms with E-state index in [0.717, 1.165) is 0 Å². The van der Waals surface area contributed by atoms with Gasteiger partial charge in [0.05, 0.1) is 17.1 Å². The third kappa shape index (κ3) is 5.02. The molecule has 0 fully saturated rings. The van der Waals surface area contributed by atoms with E-state index in [0.29, 0.717) is 12.5 Å². The summed E-state index contributed by atoms with van der Waals surface area (Å²) in [5.41, 5.74) is 2.56. The minimum Gasteiger partial charge on any atom is -0.354 e. The number of nitrogens with one attached hydrogen (secondary N) is 3. The van der Waals surface area contributed by atoms with Crippen LogP contribution < -0.4 is 21.9 Å². The first-order valence-electron chi connectivity index (χ1n) is 6.11. The van der Waals surface area contributed by atoms with Crippen LogP contribution in [0.2, 0.25) is 5.02 Å². The van der Waals surface area contributed by atoms with Gasteiger partial charge in [-0.25, -0.2) is 10.8 Å². The van der Waals surface area contributed by atoms with E-state index >= 15 is 0 Å². The SMILES string of the molecule is CC(C)CNC(=O)CNC(=O)c1cnc(NN)c(Cl)c1. The molecular weight excluding hydrogens is 282 g/mol. The number of nitrogen functional groups attached to an aromatic ring is 1. The summed E-state index contributed by atoms with van der Waals surface area (Å²) in [7, 11) is 0. The maximum Gasteiger partial charge on any atom is 0.253 e. The van der Waals surface area contributed by atoms with Crippen molar-refractivity contribution in [2.45, 2.75) is 13.8 Å². The average Bonchev–Trinajstić information content (AvgIpc) is 2.42. The fraction of sp³-hybridized carbons (Fsp3) is 0.417. The molecule has 7 nitrogen and oxygen atoms in total. The van der Waals surface area contributed by atoms with Crippen LogP contribution in [0, 0.1) is 5.92 Å². The lowest BCUT2D eigenvalue weighted by Gasteiger charge is -2.09. The molecule has 20 heavy (non-hydrogen) atoms. The Morgan fingerprint density at radius 3 is 2.65 bits per heavy atom. The first-order valence-corrected chi connectivity index (χ1v) is 6.49. The maximum absolute atomic E-state index is 11.8. The molecule has 0 spiro atoms. The first kappa shape index (κ1) is 16.2. The van der Waals surface area contributed by atoms with Crippen molar-refractivity contribution < 1.29 is 9.59 Å². The van der Waals surface area contributed by atoms with Gasteiger partial charge >= 0.3 is 0 Å². The van der Waals surface area contributed by atoms with Gasteiger partial charge in [-0.1, -0.05) is 25.4 Å². The van der Waals surface area contributed by atoms with Gasteiger partial charge in [0.2, 0.25) is 5.91 Å². The number of hydrogen-bond donors (Lipinski definition) is 4. The van der Waals surface area contributed by atoms with Gasteiger partial charge in [-0.3, -0.25) is 9.59 Å². The number of hydrogen-bond acceptors (Lipinski definition) is 5. The number of carbonyl (C=O) groups is 2. The molecule has 110 valence electrons. The van der Waals surface area contributed by atoms with Crippen molar-refractivity contribution in [2.24, 2.45) is 11.8 Å². The molecule has 0 aliphatic carbocycles. The summed E-state index contributed by atoms with van der Waals surface area (Å²) in [6, 6.07) is 1.42. The van der Waals surface area contributed by atoms with E-state index in [1.54, 1.807) is 0 Å². The largest absolute Gasteiger partial charge is 0.354 e. The molecule has 0 atom stereocenters. The minimum absolute atomic E-state index is 0.0972. The van der Waals surface area contributed by atoms with Crippen molar-refractivity contribution in [3.63, 3.8) is 0 Å². The Labute approximate surface area is 122 Å². The second-order valence-corrected chi connectivity index (χ2v) is 4.99. The van der Waals surface area contributed by atoms with Crippen LogP contribution in [0.3, 0.4) is 0 Å². The van der Waals surface area contributed by atoms with Crippen LogP contribution in [-0.2, 0) is 4.79 Å². The van der Waals surface area contributed by atoms with Gasteiger partial charge in [0.15, 0.2) is 5.82 Å². The maximum atomic E-state index is 11.8. The molecule has 0 radical (unpaired) electrons. The monoisotopic (exact) mass is 299 g/mol. The predicted molar refractivity (Wildman–Crippen MR) is 77.2 cm³/mol. The van der Waals surface area contributed by atoms with Crippen LogP contribution in [0.1, 0.15) is 24.2 Å². The molecule has 1 heterocycles. The molecular formula is C12H18ClN5O2. The zero-order valence-corrected chi connectivity index (χ0v) is 12.1. The minimum atomic E-state index is -0.428. The zero-order chi connectivity index (χ0) is 15.1.